The zero-order valence-corrected chi connectivity index (χ0v) is 27.0. The molecular formula is C29H48N4O6S3. The van der Waals surface area contributed by atoms with Gasteiger partial charge in [-0.3, -0.25) is 13.8 Å². The Bertz CT molecular complexity index is 1050. The van der Waals surface area contributed by atoms with Crippen molar-refractivity contribution in [1.29, 1.82) is 0 Å². The second-order valence-corrected chi connectivity index (χ2v) is 15.1. The largest absolute Gasteiger partial charge is 0.356 e. The van der Waals surface area contributed by atoms with Crippen molar-refractivity contribution in [3.8, 4) is 0 Å². The Hall–Kier alpha value is -1.83. The number of rotatable bonds is 23. The Balaban J connectivity index is 1.02. The standard InChI is InChI=1S/C29H48N4O6S3/c34-25(15-7-4-2-1-3-5-12-20-39-42(37,38)27-17-13-21-40-27)30-18-10-6-11-19-31-26(35)16-9-8-14-24-28-23(22-41-24)32-29(36)33-28/h13,17,21,23-24,28H,1-12,14-16,18-20,22H2,(H,30,34)(H,31,35)(H2,32,33,36)/t23-,24-,28-/m0/s1. The molecule has 0 bridgehead atoms. The van der Waals surface area contributed by atoms with Crippen LogP contribution in [0.3, 0.4) is 0 Å². The molecule has 3 atom stereocenters. The van der Waals surface area contributed by atoms with Gasteiger partial charge in [0.25, 0.3) is 0 Å². The first kappa shape index (κ1) is 34.7. The van der Waals surface area contributed by atoms with E-state index in [0.717, 1.165) is 101 Å². The zero-order chi connectivity index (χ0) is 30.0. The third kappa shape index (κ3) is 13.2. The molecule has 1 aromatic heterocycles. The predicted molar refractivity (Wildman–Crippen MR) is 168 cm³/mol. The summed E-state index contributed by atoms with van der Waals surface area (Å²) in [6.07, 6.45) is 13.5. The number of carbonyl (C=O) groups excluding carboxylic acids is 3. The van der Waals surface area contributed by atoms with Crippen molar-refractivity contribution < 1.29 is 27.0 Å². The van der Waals surface area contributed by atoms with Crippen LogP contribution >= 0.6 is 23.1 Å². The maximum absolute atomic E-state index is 12.1. The van der Waals surface area contributed by atoms with E-state index >= 15 is 0 Å². The van der Waals surface area contributed by atoms with Crippen molar-refractivity contribution in [2.75, 3.05) is 25.4 Å². The Labute approximate surface area is 259 Å². The highest BCUT2D eigenvalue weighted by Gasteiger charge is 2.42. The summed E-state index contributed by atoms with van der Waals surface area (Å²) in [4.78, 5) is 35.5. The van der Waals surface area contributed by atoms with Gasteiger partial charge in [-0.05, 0) is 56.4 Å². The fourth-order valence-electron chi connectivity index (χ4n) is 5.24. The number of carbonyl (C=O) groups is 3. The first-order valence-electron chi connectivity index (χ1n) is 15.5. The first-order valence-corrected chi connectivity index (χ1v) is 18.8. The lowest BCUT2D eigenvalue weighted by Crippen LogP contribution is -2.36. The fourth-order valence-corrected chi connectivity index (χ4v) is 8.71. The average molecular weight is 645 g/mol. The second-order valence-electron chi connectivity index (χ2n) is 11.1. The number of thioether (sulfide) groups is 1. The van der Waals surface area contributed by atoms with Gasteiger partial charge < -0.3 is 21.3 Å². The highest BCUT2D eigenvalue weighted by molar-refractivity contribution is 8.00. The van der Waals surface area contributed by atoms with Crippen molar-refractivity contribution in [1.82, 2.24) is 21.3 Å². The highest BCUT2D eigenvalue weighted by Crippen LogP contribution is 2.33. The van der Waals surface area contributed by atoms with Gasteiger partial charge in [-0.25, -0.2) is 4.79 Å². The van der Waals surface area contributed by atoms with Crippen LogP contribution in [0.5, 0.6) is 0 Å². The molecular weight excluding hydrogens is 597 g/mol. The van der Waals surface area contributed by atoms with Crippen molar-refractivity contribution in [2.24, 2.45) is 0 Å². The number of amides is 4. The van der Waals surface area contributed by atoms with Crippen molar-refractivity contribution >= 4 is 51.1 Å². The van der Waals surface area contributed by atoms with Crippen LogP contribution in [0.1, 0.15) is 96.3 Å². The molecule has 2 fully saturated rings. The molecule has 0 aromatic carbocycles. The topological polar surface area (TPSA) is 143 Å². The molecule has 1 aromatic rings. The van der Waals surface area contributed by atoms with Crippen LogP contribution in [0.2, 0.25) is 0 Å². The molecule has 42 heavy (non-hydrogen) atoms. The molecule has 2 aliphatic rings. The van der Waals surface area contributed by atoms with Crippen LogP contribution in [-0.2, 0) is 23.9 Å². The lowest BCUT2D eigenvalue weighted by molar-refractivity contribution is -0.121. The first-order chi connectivity index (χ1) is 20.3. The van der Waals surface area contributed by atoms with Crippen LogP contribution in [0.4, 0.5) is 4.79 Å². The minimum atomic E-state index is -3.60. The third-order valence-electron chi connectivity index (χ3n) is 7.61. The van der Waals surface area contributed by atoms with Gasteiger partial charge in [0, 0.05) is 36.9 Å². The van der Waals surface area contributed by atoms with Gasteiger partial charge in [-0.15, -0.1) is 11.3 Å². The summed E-state index contributed by atoms with van der Waals surface area (Å²) < 4.78 is 29.2. The normalized spacial score (nSPS) is 19.7. The maximum Gasteiger partial charge on any atom is 0.315 e. The monoisotopic (exact) mass is 644 g/mol. The van der Waals surface area contributed by atoms with Gasteiger partial charge in [0.15, 0.2) is 0 Å². The van der Waals surface area contributed by atoms with E-state index in [1.54, 1.807) is 17.5 Å². The number of hydrogen-bond donors (Lipinski definition) is 4. The van der Waals surface area contributed by atoms with E-state index in [2.05, 4.69) is 21.3 Å². The van der Waals surface area contributed by atoms with E-state index in [9.17, 15) is 22.8 Å². The quantitative estimate of drug-likeness (QED) is 0.0768. The number of urea groups is 1. The molecule has 0 saturated carbocycles. The van der Waals surface area contributed by atoms with E-state index in [4.69, 9.17) is 4.18 Å². The molecule has 13 heteroatoms. The fraction of sp³-hybridized carbons (Fsp3) is 0.759. The number of fused-ring (bicyclic) bond motifs is 1. The van der Waals surface area contributed by atoms with Crippen molar-refractivity contribution in [2.45, 2.75) is 118 Å². The summed E-state index contributed by atoms with van der Waals surface area (Å²) in [5, 5.41) is 14.1. The Kier molecular flexibility index (Phi) is 16.0. The molecule has 0 radical (unpaired) electrons. The smallest absolute Gasteiger partial charge is 0.315 e. The van der Waals surface area contributed by atoms with Gasteiger partial charge in [0.2, 0.25) is 11.8 Å². The van der Waals surface area contributed by atoms with E-state index < -0.39 is 10.1 Å². The van der Waals surface area contributed by atoms with Crippen molar-refractivity contribution in [3.63, 3.8) is 0 Å². The lowest BCUT2D eigenvalue weighted by Gasteiger charge is -2.16. The average Bonchev–Trinajstić information content (AvgIpc) is 3.71. The SMILES string of the molecule is O=C(CCCCCCCCCOS(=O)(=O)c1cccs1)NCCCCCNC(=O)CCCC[C@@H]1SC[C@@H]2NC(=O)N[C@@H]21. The number of thiophene rings is 1. The molecule has 238 valence electrons. The molecule has 0 unspecified atom stereocenters. The minimum Gasteiger partial charge on any atom is -0.356 e. The predicted octanol–water partition coefficient (Wildman–Crippen LogP) is 4.70. The van der Waals surface area contributed by atoms with Crippen molar-refractivity contribution in [3.05, 3.63) is 17.5 Å². The molecule has 4 amide bonds. The molecule has 0 spiro atoms. The summed E-state index contributed by atoms with van der Waals surface area (Å²) in [5.74, 6) is 1.17. The van der Waals surface area contributed by atoms with Gasteiger partial charge >= 0.3 is 16.1 Å². The molecule has 2 aliphatic heterocycles. The summed E-state index contributed by atoms with van der Waals surface area (Å²) >= 11 is 3.07. The van der Waals surface area contributed by atoms with E-state index in [1.807, 2.05) is 11.8 Å². The maximum atomic E-state index is 12.1. The molecule has 3 rings (SSSR count). The van der Waals surface area contributed by atoms with Crippen LogP contribution in [0, 0.1) is 0 Å². The van der Waals surface area contributed by atoms with Crippen LogP contribution in [0.25, 0.3) is 0 Å². The minimum absolute atomic E-state index is 0.0559. The number of hydrogen-bond acceptors (Lipinski definition) is 8. The van der Waals surface area contributed by atoms with Gasteiger partial charge in [0.1, 0.15) is 4.21 Å². The molecule has 2 saturated heterocycles. The summed E-state index contributed by atoms with van der Waals surface area (Å²) in [7, 11) is -3.60. The van der Waals surface area contributed by atoms with E-state index in [1.165, 1.54) is 0 Å². The Morgan fingerprint density at radius 1 is 0.857 bits per heavy atom. The number of nitrogens with one attached hydrogen (secondary N) is 4. The van der Waals surface area contributed by atoms with Gasteiger partial charge in [-0.1, -0.05) is 44.6 Å². The molecule has 0 aliphatic carbocycles. The zero-order valence-electron chi connectivity index (χ0n) is 24.6. The molecule has 3 heterocycles. The summed E-state index contributed by atoms with van der Waals surface area (Å²) in [6, 6.07) is 3.68. The van der Waals surface area contributed by atoms with Gasteiger partial charge in [-0.2, -0.15) is 20.2 Å². The lowest BCUT2D eigenvalue weighted by atomic mass is 10.0. The Morgan fingerprint density at radius 3 is 2.14 bits per heavy atom. The van der Waals surface area contributed by atoms with Crippen LogP contribution < -0.4 is 21.3 Å². The summed E-state index contributed by atoms with van der Waals surface area (Å²) in [5.41, 5.74) is 0. The molecule has 10 nitrogen and oxygen atoms in total. The second kappa shape index (κ2) is 19.4. The highest BCUT2D eigenvalue weighted by atomic mass is 32.3. The van der Waals surface area contributed by atoms with Crippen LogP contribution in [-0.4, -0.2) is 69.0 Å². The third-order valence-corrected chi connectivity index (χ3v) is 11.8. The molecule has 4 N–H and O–H groups in total. The van der Waals surface area contributed by atoms with Gasteiger partial charge in [0.05, 0.1) is 18.7 Å². The van der Waals surface area contributed by atoms with E-state index in [-0.39, 0.29) is 40.7 Å². The van der Waals surface area contributed by atoms with Crippen LogP contribution in [0.15, 0.2) is 21.7 Å². The van der Waals surface area contributed by atoms with E-state index in [0.29, 0.717) is 31.2 Å². The Morgan fingerprint density at radius 2 is 1.48 bits per heavy atom. The summed E-state index contributed by atoms with van der Waals surface area (Å²) in [6.45, 7) is 1.57. The number of unbranched alkanes of at least 4 members (excludes halogenated alkanes) is 9.